The van der Waals surface area contributed by atoms with Crippen molar-refractivity contribution < 1.29 is 0 Å². The third-order valence-electron chi connectivity index (χ3n) is 4.28. The Balaban J connectivity index is 1.48. The maximum atomic E-state index is 5.56. The van der Waals surface area contributed by atoms with Gasteiger partial charge >= 0.3 is 0 Å². The van der Waals surface area contributed by atoms with E-state index in [1.807, 2.05) is 24.3 Å². The molecule has 2 aromatic rings. The molecule has 1 fully saturated rings. The summed E-state index contributed by atoms with van der Waals surface area (Å²) in [6.07, 6.45) is 0. The highest BCUT2D eigenvalue weighted by Gasteiger charge is 2.19. The molecule has 0 aromatic heterocycles. The molecule has 24 heavy (non-hydrogen) atoms. The maximum absolute atomic E-state index is 5.56. The fraction of sp³-hybridized carbons (Fsp3) is 0.316. The molecule has 126 valence electrons. The Kier molecular flexibility index (Phi) is 5.87. The van der Waals surface area contributed by atoms with Crippen molar-refractivity contribution >= 4 is 38.9 Å². The molecular weight excluding hydrogens is 382 g/mol. The van der Waals surface area contributed by atoms with Gasteiger partial charge in [-0.05, 0) is 49.0 Å². The summed E-state index contributed by atoms with van der Waals surface area (Å²) in [5.74, 6) is 0. The van der Waals surface area contributed by atoms with E-state index in [1.54, 1.807) is 0 Å². The molecular formula is C19H22BrN3S. The number of halogens is 1. The Hall–Kier alpha value is -1.43. The fourth-order valence-corrected chi connectivity index (χ4v) is 3.36. The molecule has 3 nitrogen and oxygen atoms in total. The van der Waals surface area contributed by atoms with Crippen LogP contribution in [0.1, 0.15) is 11.1 Å². The predicted octanol–water partition coefficient (Wildman–Crippen LogP) is 4.27. The van der Waals surface area contributed by atoms with Crippen molar-refractivity contribution in [3.05, 3.63) is 64.1 Å². The molecule has 0 aliphatic carbocycles. The van der Waals surface area contributed by atoms with Crippen LogP contribution in [0.25, 0.3) is 0 Å². The molecule has 0 bridgehead atoms. The fourth-order valence-electron chi connectivity index (χ4n) is 2.80. The molecule has 1 aliphatic rings. The van der Waals surface area contributed by atoms with E-state index >= 15 is 0 Å². The number of rotatable bonds is 3. The molecule has 1 aliphatic heterocycles. The van der Waals surface area contributed by atoms with Crippen molar-refractivity contribution in [3.8, 4) is 0 Å². The van der Waals surface area contributed by atoms with E-state index < -0.39 is 0 Å². The molecule has 2 aromatic carbocycles. The summed E-state index contributed by atoms with van der Waals surface area (Å²) in [6.45, 7) is 7.15. The molecule has 1 N–H and O–H groups in total. The van der Waals surface area contributed by atoms with Gasteiger partial charge in [-0.2, -0.15) is 0 Å². The highest BCUT2D eigenvalue weighted by atomic mass is 79.9. The van der Waals surface area contributed by atoms with E-state index in [2.05, 4.69) is 62.2 Å². The molecule has 0 spiro atoms. The van der Waals surface area contributed by atoms with Gasteiger partial charge in [0.1, 0.15) is 0 Å². The first-order valence-electron chi connectivity index (χ1n) is 8.19. The van der Waals surface area contributed by atoms with Gasteiger partial charge in [-0.3, -0.25) is 4.90 Å². The first-order chi connectivity index (χ1) is 11.6. The van der Waals surface area contributed by atoms with Gasteiger partial charge in [0.15, 0.2) is 5.11 Å². The van der Waals surface area contributed by atoms with E-state index in [-0.39, 0.29) is 0 Å². The first kappa shape index (κ1) is 17.4. The number of benzene rings is 2. The predicted molar refractivity (Wildman–Crippen MR) is 108 cm³/mol. The summed E-state index contributed by atoms with van der Waals surface area (Å²) >= 11 is 9.01. The normalized spacial score (nSPS) is 15.3. The summed E-state index contributed by atoms with van der Waals surface area (Å²) in [5.41, 5.74) is 3.72. The molecule has 3 rings (SSSR count). The monoisotopic (exact) mass is 403 g/mol. The average Bonchev–Trinajstić information content (AvgIpc) is 2.59. The smallest absolute Gasteiger partial charge is 0.173 e. The van der Waals surface area contributed by atoms with Crippen LogP contribution < -0.4 is 5.32 Å². The SMILES string of the molecule is Cc1ccc(CN2CCN(C(=S)Nc3ccc(Br)cc3)CC2)cc1. The van der Waals surface area contributed by atoms with E-state index in [1.165, 1.54) is 11.1 Å². The topological polar surface area (TPSA) is 18.5 Å². The van der Waals surface area contributed by atoms with Crippen LogP contribution in [0.2, 0.25) is 0 Å². The zero-order valence-corrected chi connectivity index (χ0v) is 16.2. The Labute approximate surface area is 157 Å². The Morgan fingerprint density at radius 1 is 1.00 bits per heavy atom. The minimum Gasteiger partial charge on any atom is -0.346 e. The summed E-state index contributed by atoms with van der Waals surface area (Å²) < 4.78 is 1.07. The second kappa shape index (κ2) is 8.10. The zero-order valence-electron chi connectivity index (χ0n) is 13.8. The number of hydrogen-bond donors (Lipinski definition) is 1. The number of nitrogens with zero attached hydrogens (tertiary/aromatic N) is 2. The number of nitrogens with one attached hydrogen (secondary N) is 1. The lowest BCUT2D eigenvalue weighted by atomic mass is 10.1. The highest BCUT2D eigenvalue weighted by molar-refractivity contribution is 9.10. The minimum absolute atomic E-state index is 0.812. The van der Waals surface area contributed by atoms with Crippen molar-refractivity contribution in [1.29, 1.82) is 0 Å². The van der Waals surface area contributed by atoms with Gasteiger partial charge < -0.3 is 10.2 Å². The minimum atomic E-state index is 0.812. The number of anilines is 1. The van der Waals surface area contributed by atoms with Gasteiger partial charge in [-0.1, -0.05) is 45.8 Å². The Bertz CT molecular complexity index is 677. The summed E-state index contributed by atoms with van der Waals surface area (Å²) in [4.78, 5) is 4.74. The molecule has 0 unspecified atom stereocenters. The number of aryl methyl sites for hydroxylation is 1. The second-order valence-corrected chi connectivity index (χ2v) is 7.49. The van der Waals surface area contributed by atoms with Crippen LogP contribution in [-0.4, -0.2) is 41.1 Å². The van der Waals surface area contributed by atoms with Crippen LogP contribution in [0.4, 0.5) is 5.69 Å². The lowest BCUT2D eigenvalue weighted by molar-refractivity contribution is 0.177. The number of piperazine rings is 1. The van der Waals surface area contributed by atoms with Crippen LogP contribution in [0, 0.1) is 6.92 Å². The number of hydrogen-bond acceptors (Lipinski definition) is 2. The Morgan fingerprint density at radius 2 is 1.62 bits per heavy atom. The van der Waals surface area contributed by atoms with Gasteiger partial charge in [0.05, 0.1) is 0 Å². The lowest BCUT2D eigenvalue weighted by Crippen LogP contribution is -2.49. The second-order valence-electron chi connectivity index (χ2n) is 6.19. The van der Waals surface area contributed by atoms with Crippen LogP contribution in [0.3, 0.4) is 0 Å². The standard InChI is InChI=1S/C19H22BrN3S/c1-15-2-4-16(5-3-15)14-22-10-12-23(13-11-22)19(24)21-18-8-6-17(20)7-9-18/h2-9H,10-14H2,1H3,(H,21,24). The molecule has 1 heterocycles. The summed E-state index contributed by atoms with van der Waals surface area (Å²) in [5, 5.41) is 4.14. The van der Waals surface area contributed by atoms with E-state index in [9.17, 15) is 0 Å². The van der Waals surface area contributed by atoms with Crippen LogP contribution >= 0.6 is 28.1 Å². The first-order valence-corrected chi connectivity index (χ1v) is 9.40. The third kappa shape index (κ3) is 4.79. The molecule has 0 saturated carbocycles. The highest BCUT2D eigenvalue weighted by Crippen LogP contribution is 2.15. The van der Waals surface area contributed by atoms with Crippen LogP contribution in [0.15, 0.2) is 53.0 Å². The van der Waals surface area contributed by atoms with Crippen molar-refractivity contribution in [2.45, 2.75) is 13.5 Å². The zero-order chi connectivity index (χ0) is 16.9. The summed E-state index contributed by atoms with van der Waals surface area (Å²) in [6, 6.07) is 16.9. The van der Waals surface area contributed by atoms with Gasteiger partial charge in [-0.15, -0.1) is 0 Å². The molecule has 0 radical (unpaired) electrons. The van der Waals surface area contributed by atoms with Gasteiger partial charge in [0.2, 0.25) is 0 Å². The number of thiocarbonyl (C=S) groups is 1. The third-order valence-corrected chi connectivity index (χ3v) is 5.17. The van der Waals surface area contributed by atoms with Crippen molar-refractivity contribution in [2.75, 3.05) is 31.5 Å². The maximum Gasteiger partial charge on any atom is 0.173 e. The van der Waals surface area contributed by atoms with Crippen molar-refractivity contribution in [3.63, 3.8) is 0 Å². The van der Waals surface area contributed by atoms with E-state index in [4.69, 9.17) is 12.2 Å². The van der Waals surface area contributed by atoms with Crippen LogP contribution in [-0.2, 0) is 6.54 Å². The molecule has 5 heteroatoms. The molecule has 1 saturated heterocycles. The lowest BCUT2D eigenvalue weighted by Gasteiger charge is -2.36. The van der Waals surface area contributed by atoms with Gasteiger partial charge in [0.25, 0.3) is 0 Å². The van der Waals surface area contributed by atoms with Crippen molar-refractivity contribution in [1.82, 2.24) is 9.80 Å². The average molecular weight is 404 g/mol. The molecule has 0 atom stereocenters. The van der Waals surface area contributed by atoms with Crippen molar-refractivity contribution in [2.24, 2.45) is 0 Å². The van der Waals surface area contributed by atoms with Crippen LogP contribution in [0.5, 0.6) is 0 Å². The van der Waals surface area contributed by atoms with Gasteiger partial charge in [-0.25, -0.2) is 0 Å². The van der Waals surface area contributed by atoms with Gasteiger partial charge in [0, 0.05) is 42.9 Å². The quantitative estimate of drug-likeness (QED) is 0.770. The molecule has 0 amide bonds. The summed E-state index contributed by atoms with van der Waals surface area (Å²) in [7, 11) is 0. The van der Waals surface area contributed by atoms with E-state index in [0.29, 0.717) is 0 Å². The Morgan fingerprint density at radius 3 is 2.25 bits per heavy atom. The largest absolute Gasteiger partial charge is 0.346 e. The van der Waals surface area contributed by atoms with E-state index in [0.717, 1.165) is 48.0 Å².